The molecule has 1 amide bonds. The maximum absolute atomic E-state index is 12.1. The average molecular weight is 311 g/mol. The molecular weight excluding hydrogens is 286 g/mol. The molecule has 2 rings (SSSR count). The van der Waals surface area contributed by atoms with E-state index in [1.54, 1.807) is 6.20 Å². The van der Waals surface area contributed by atoms with E-state index in [0.29, 0.717) is 12.2 Å². The average Bonchev–Trinajstić information content (AvgIpc) is 2.55. The Kier molecular flexibility index (Phi) is 6.15. The number of anilines is 2. The molecule has 0 saturated carbocycles. The van der Waals surface area contributed by atoms with Crippen molar-refractivity contribution in [2.45, 2.75) is 33.1 Å². The van der Waals surface area contributed by atoms with Crippen molar-refractivity contribution in [3.05, 3.63) is 53.7 Å². The molecule has 23 heavy (non-hydrogen) atoms. The zero-order valence-corrected chi connectivity index (χ0v) is 14.2. The smallest absolute Gasteiger partial charge is 0.229 e. The first-order valence-electron chi connectivity index (χ1n) is 8.11. The van der Waals surface area contributed by atoms with E-state index in [4.69, 9.17) is 0 Å². The third-order valence-corrected chi connectivity index (χ3v) is 3.79. The molecule has 2 aromatic rings. The second kappa shape index (κ2) is 8.32. The predicted octanol–water partition coefficient (Wildman–Crippen LogP) is 3.81. The Labute approximate surface area is 138 Å². The summed E-state index contributed by atoms with van der Waals surface area (Å²) in [7, 11) is 2.06. The van der Waals surface area contributed by atoms with Gasteiger partial charge in [0.2, 0.25) is 5.91 Å². The fourth-order valence-electron chi connectivity index (χ4n) is 2.29. The Morgan fingerprint density at radius 2 is 1.91 bits per heavy atom. The van der Waals surface area contributed by atoms with Gasteiger partial charge in [0.15, 0.2) is 0 Å². The number of unbranched alkanes of at least 4 members (excludes halogenated alkanes) is 1. The van der Waals surface area contributed by atoms with Crippen molar-refractivity contribution in [1.82, 2.24) is 4.98 Å². The standard InChI is InChI=1S/C19H25N3O/c1-4-5-12-22(3)17-10-11-18(20-14-17)21-19(23)13-16-8-6-15(2)7-9-16/h6-11,14H,4-5,12-13H2,1-3H3,(H,20,21,23). The third kappa shape index (κ3) is 5.40. The van der Waals surface area contributed by atoms with Crippen molar-refractivity contribution in [2.75, 3.05) is 23.8 Å². The van der Waals surface area contributed by atoms with Crippen molar-refractivity contribution in [3.8, 4) is 0 Å². The molecule has 1 aromatic carbocycles. The van der Waals surface area contributed by atoms with Gasteiger partial charge >= 0.3 is 0 Å². The van der Waals surface area contributed by atoms with Crippen LogP contribution in [0, 0.1) is 6.92 Å². The van der Waals surface area contributed by atoms with Crippen molar-refractivity contribution in [1.29, 1.82) is 0 Å². The summed E-state index contributed by atoms with van der Waals surface area (Å²) in [5, 5.41) is 2.85. The number of aryl methyl sites for hydroxylation is 1. The number of rotatable bonds is 7. The number of carbonyl (C=O) groups excluding carboxylic acids is 1. The first-order valence-corrected chi connectivity index (χ1v) is 8.11. The molecule has 1 heterocycles. The van der Waals surface area contributed by atoms with E-state index in [1.807, 2.05) is 43.3 Å². The number of nitrogens with zero attached hydrogens (tertiary/aromatic N) is 2. The molecule has 0 aliphatic heterocycles. The maximum Gasteiger partial charge on any atom is 0.229 e. The summed E-state index contributed by atoms with van der Waals surface area (Å²) in [6.07, 6.45) is 4.49. The van der Waals surface area contributed by atoms with Gasteiger partial charge in [-0.3, -0.25) is 4.79 Å². The first-order chi connectivity index (χ1) is 11.1. The number of amides is 1. The summed E-state index contributed by atoms with van der Waals surface area (Å²) >= 11 is 0. The van der Waals surface area contributed by atoms with Crippen LogP contribution in [0.4, 0.5) is 11.5 Å². The largest absolute Gasteiger partial charge is 0.373 e. The van der Waals surface area contributed by atoms with E-state index in [-0.39, 0.29) is 5.91 Å². The molecule has 4 nitrogen and oxygen atoms in total. The van der Waals surface area contributed by atoms with Crippen LogP contribution in [0.2, 0.25) is 0 Å². The Morgan fingerprint density at radius 1 is 1.17 bits per heavy atom. The highest BCUT2D eigenvalue weighted by molar-refractivity contribution is 5.91. The van der Waals surface area contributed by atoms with Gasteiger partial charge in [-0.05, 0) is 31.0 Å². The van der Waals surface area contributed by atoms with Crippen molar-refractivity contribution >= 4 is 17.4 Å². The number of nitrogens with one attached hydrogen (secondary N) is 1. The predicted molar refractivity (Wildman–Crippen MR) is 95.9 cm³/mol. The van der Waals surface area contributed by atoms with Crippen molar-refractivity contribution in [3.63, 3.8) is 0 Å². The quantitative estimate of drug-likeness (QED) is 0.846. The van der Waals surface area contributed by atoms with Crippen LogP contribution in [-0.2, 0) is 11.2 Å². The van der Waals surface area contributed by atoms with Crippen LogP contribution in [0.5, 0.6) is 0 Å². The molecule has 0 saturated heterocycles. The molecule has 0 bridgehead atoms. The van der Waals surface area contributed by atoms with Gasteiger partial charge < -0.3 is 10.2 Å². The minimum absolute atomic E-state index is 0.0477. The summed E-state index contributed by atoms with van der Waals surface area (Å²) in [6.45, 7) is 5.23. The van der Waals surface area contributed by atoms with Gasteiger partial charge in [-0.1, -0.05) is 43.2 Å². The monoisotopic (exact) mass is 311 g/mol. The summed E-state index contributed by atoms with van der Waals surface area (Å²) in [5.41, 5.74) is 3.26. The lowest BCUT2D eigenvalue weighted by Gasteiger charge is -2.18. The molecule has 0 fully saturated rings. The molecular formula is C19H25N3O. The van der Waals surface area contributed by atoms with E-state index < -0.39 is 0 Å². The molecule has 0 aliphatic carbocycles. The lowest BCUT2D eigenvalue weighted by molar-refractivity contribution is -0.115. The highest BCUT2D eigenvalue weighted by atomic mass is 16.1. The van der Waals surface area contributed by atoms with E-state index in [0.717, 1.165) is 24.2 Å². The number of hydrogen-bond donors (Lipinski definition) is 1. The second-order valence-corrected chi connectivity index (χ2v) is 5.89. The van der Waals surface area contributed by atoms with Gasteiger partial charge in [0.1, 0.15) is 5.82 Å². The fraction of sp³-hybridized carbons (Fsp3) is 0.368. The van der Waals surface area contributed by atoms with Gasteiger partial charge in [-0.2, -0.15) is 0 Å². The molecule has 4 heteroatoms. The van der Waals surface area contributed by atoms with Gasteiger partial charge in [0.25, 0.3) is 0 Å². The Hall–Kier alpha value is -2.36. The molecule has 1 aromatic heterocycles. The SMILES string of the molecule is CCCCN(C)c1ccc(NC(=O)Cc2ccc(C)cc2)nc1. The minimum Gasteiger partial charge on any atom is -0.373 e. The van der Waals surface area contributed by atoms with E-state index in [2.05, 4.69) is 29.2 Å². The van der Waals surface area contributed by atoms with Crippen LogP contribution in [0.15, 0.2) is 42.6 Å². The highest BCUT2D eigenvalue weighted by Crippen LogP contribution is 2.14. The normalized spacial score (nSPS) is 10.4. The molecule has 0 spiro atoms. The van der Waals surface area contributed by atoms with Crippen LogP contribution in [0.25, 0.3) is 0 Å². The molecule has 0 aliphatic rings. The number of benzene rings is 1. The Morgan fingerprint density at radius 3 is 2.52 bits per heavy atom. The molecule has 0 radical (unpaired) electrons. The topological polar surface area (TPSA) is 45.2 Å². The van der Waals surface area contributed by atoms with E-state index in [1.165, 1.54) is 12.0 Å². The van der Waals surface area contributed by atoms with Crippen molar-refractivity contribution < 1.29 is 4.79 Å². The Balaban J connectivity index is 1.89. The summed E-state index contributed by atoms with van der Waals surface area (Å²) in [6, 6.07) is 11.8. The highest BCUT2D eigenvalue weighted by Gasteiger charge is 2.06. The Bertz CT molecular complexity index is 620. The lowest BCUT2D eigenvalue weighted by Crippen LogP contribution is -2.19. The molecule has 1 N–H and O–H groups in total. The summed E-state index contributed by atoms with van der Waals surface area (Å²) in [5.74, 6) is 0.545. The maximum atomic E-state index is 12.1. The summed E-state index contributed by atoms with van der Waals surface area (Å²) < 4.78 is 0. The lowest BCUT2D eigenvalue weighted by atomic mass is 10.1. The second-order valence-electron chi connectivity index (χ2n) is 5.89. The number of carbonyl (C=O) groups is 1. The molecule has 0 atom stereocenters. The van der Waals surface area contributed by atoms with Gasteiger partial charge in [0, 0.05) is 13.6 Å². The van der Waals surface area contributed by atoms with E-state index >= 15 is 0 Å². The van der Waals surface area contributed by atoms with Crippen LogP contribution < -0.4 is 10.2 Å². The van der Waals surface area contributed by atoms with Crippen LogP contribution in [-0.4, -0.2) is 24.5 Å². The van der Waals surface area contributed by atoms with Gasteiger partial charge in [-0.25, -0.2) is 4.98 Å². The number of hydrogen-bond acceptors (Lipinski definition) is 3. The van der Waals surface area contributed by atoms with Crippen molar-refractivity contribution in [2.24, 2.45) is 0 Å². The van der Waals surface area contributed by atoms with Gasteiger partial charge in [-0.15, -0.1) is 0 Å². The molecule has 0 unspecified atom stereocenters. The van der Waals surface area contributed by atoms with E-state index in [9.17, 15) is 4.79 Å². The zero-order chi connectivity index (χ0) is 16.7. The minimum atomic E-state index is -0.0477. The molecule has 122 valence electrons. The third-order valence-electron chi connectivity index (χ3n) is 3.79. The fourth-order valence-corrected chi connectivity index (χ4v) is 2.29. The summed E-state index contributed by atoms with van der Waals surface area (Å²) in [4.78, 5) is 18.6. The number of pyridine rings is 1. The van der Waals surface area contributed by atoms with Crippen LogP contribution in [0.3, 0.4) is 0 Å². The van der Waals surface area contributed by atoms with Gasteiger partial charge in [0.05, 0.1) is 18.3 Å². The van der Waals surface area contributed by atoms with Crippen LogP contribution in [0.1, 0.15) is 30.9 Å². The number of aromatic nitrogens is 1. The first kappa shape index (κ1) is 17.0. The zero-order valence-electron chi connectivity index (χ0n) is 14.2. The van der Waals surface area contributed by atoms with Crippen LogP contribution >= 0.6 is 0 Å².